The fourth-order valence-electron chi connectivity index (χ4n) is 5.12. The Morgan fingerprint density at radius 1 is 1.11 bits per heavy atom. The lowest BCUT2D eigenvalue weighted by atomic mass is 9.84. The van der Waals surface area contributed by atoms with Gasteiger partial charge in [0.2, 0.25) is 0 Å². The molecule has 0 amide bonds. The highest BCUT2D eigenvalue weighted by Crippen LogP contribution is 2.39. The molecule has 2 aliphatic heterocycles. The first-order chi connectivity index (χ1) is 13.3. The molecule has 4 aliphatic rings. The van der Waals surface area contributed by atoms with Crippen LogP contribution in [-0.2, 0) is 37.3 Å². The molecule has 2 aliphatic carbocycles. The lowest BCUT2D eigenvalue weighted by Crippen LogP contribution is -2.44. The van der Waals surface area contributed by atoms with Crippen molar-refractivity contribution in [3.05, 3.63) is 27.2 Å². The van der Waals surface area contributed by atoms with E-state index in [4.69, 9.17) is 9.72 Å². The van der Waals surface area contributed by atoms with Gasteiger partial charge in [-0.3, -0.25) is 4.90 Å². The molecule has 7 heteroatoms. The number of ether oxygens (including phenoxy) is 1. The van der Waals surface area contributed by atoms with Gasteiger partial charge in [0.15, 0.2) is 5.82 Å². The first-order valence-corrected chi connectivity index (χ1v) is 11.4. The highest BCUT2D eigenvalue weighted by Gasteiger charge is 2.44. The zero-order chi connectivity index (χ0) is 17.8. The number of thiazole rings is 1. The normalized spacial score (nSPS) is 28.3. The summed E-state index contributed by atoms with van der Waals surface area (Å²) in [5.74, 6) is 2.86. The Kier molecular flexibility index (Phi) is 3.91. The molecule has 1 unspecified atom stereocenters. The number of nitrogens with zero attached hydrogens (tertiary/aromatic N) is 5. The van der Waals surface area contributed by atoms with E-state index in [2.05, 4.69) is 19.7 Å². The zero-order valence-corrected chi connectivity index (χ0v) is 16.6. The van der Waals surface area contributed by atoms with Gasteiger partial charge in [0.1, 0.15) is 23.0 Å². The van der Waals surface area contributed by atoms with Gasteiger partial charge in [-0.1, -0.05) is 6.42 Å². The fourth-order valence-corrected chi connectivity index (χ4v) is 6.32. The van der Waals surface area contributed by atoms with E-state index in [1.807, 2.05) is 11.3 Å². The standard InChI is InChI=1S/C20H27N5OS/c1-2-7-16-15(6-1)21-18(27-16)10-24-9-8-20(12-24)13-25-17(11-26-20)22-23-19(25)14-4-3-5-14/h14H,1-13H2. The molecular formula is C20H27N5OS. The summed E-state index contributed by atoms with van der Waals surface area (Å²) in [4.78, 5) is 9.03. The van der Waals surface area contributed by atoms with E-state index in [-0.39, 0.29) is 5.60 Å². The average molecular weight is 386 g/mol. The van der Waals surface area contributed by atoms with Crippen LogP contribution in [-0.4, -0.2) is 43.3 Å². The second-order valence-electron chi connectivity index (χ2n) is 8.81. The van der Waals surface area contributed by atoms with Gasteiger partial charge in [0, 0.05) is 23.9 Å². The van der Waals surface area contributed by atoms with Gasteiger partial charge in [-0.15, -0.1) is 21.5 Å². The van der Waals surface area contributed by atoms with Gasteiger partial charge in [-0.05, 0) is 44.9 Å². The van der Waals surface area contributed by atoms with Crippen molar-refractivity contribution in [2.45, 2.75) is 82.6 Å². The van der Waals surface area contributed by atoms with Crippen LogP contribution in [0.3, 0.4) is 0 Å². The third-order valence-corrected chi connectivity index (χ3v) is 8.07. The van der Waals surface area contributed by atoms with E-state index < -0.39 is 0 Å². The average Bonchev–Trinajstić information content (AvgIpc) is 3.32. The maximum Gasteiger partial charge on any atom is 0.159 e. The van der Waals surface area contributed by atoms with Crippen LogP contribution >= 0.6 is 11.3 Å². The minimum atomic E-state index is -0.0647. The molecule has 0 aromatic carbocycles. The van der Waals surface area contributed by atoms with E-state index >= 15 is 0 Å². The van der Waals surface area contributed by atoms with Crippen LogP contribution in [0.25, 0.3) is 0 Å². The zero-order valence-electron chi connectivity index (χ0n) is 15.8. The van der Waals surface area contributed by atoms with Gasteiger partial charge >= 0.3 is 0 Å². The van der Waals surface area contributed by atoms with E-state index in [0.29, 0.717) is 12.5 Å². The molecule has 0 N–H and O–H groups in total. The molecule has 2 aromatic rings. The van der Waals surface area contributed by atoms with Crippen LogP contribution in [0.15, 0.2) is 0 Å². The topological polar surface area (TPSA) is 56.1 Å². The molecule has 0 bridgehead atoms. The lowest BCUT2D eigenvalue weighted by Gasteiger charge is -2.36. The summed E-state index contributed by atoms with van der Waals surface area (Å²) >= 11 is 1.95. The Balaban J connectivity index is 1.17. The maximum absolute atomic E-state index is 6.36. The van der Waals surface area contributed by atoms with Crippen molar-refractivity contribution in [3.63, 3.8) is 0 Å². The van der Waals surface area contributed by atoms with Gasteiger partial charge < -0.3 is 9.30 Å². The van der Waals surface area contributed by atoms with Crippen molar-refractivity contribution in [1.29, 1.82) is 0 Å². The number of aryl methyl sites for hydroxylation is 2. The third-order valence-electron chi connectivity index (χ3n) is 6.92. The molecular weight excluding hydrogens is 358 g/mol. The van der Waals surface area contributed by atoms with Crippen LogP contribution < -0.4 is 0 Å². The Morgan fingerprint density at radius 3 is 2.89 bits per heavy atom. The molecule has 0 radical (unpaired) electrons. The molecule has 144 valence electrons. The molecule has 2 aromatic heterocycles. The maximum atomic E-state index is 6.36. The summed E-state index contributed by atoms with van der Waals surface area (Å²) < 4.78 is 8.75. The number of aromatic nitrogens is 4. The van der Waals surface area contributed by atoms with Crippen molar-refractivity contribution < 1.29 is 4.74 Å². The van der Waals surface area contributed by atoms with E-state index in [9.17, 15) is 0 Å². The molecule has 4 heterocycles. The molecule has 27 heavy (non-hydrogen) atoms. The summed E-state index contributed by atoms with van der Waals surface area (Å²) in [5.41, 5.74) is 1.31. The minimum Gasteiger partial charge on any atom is -0.364 e. The number of rotatable bonds is 3. The Hall–Kier alpha value is -1.31. The number of fused-ring (bicyclic) bond motifs is 2. The highest BCUT2D eigenvalue weighted by molar-refractivity contribution is 7.11. The van der Waals surface area contributed by atoms with Gasteiger partial charge in [-0.25, -0.2) is 4.98 Å². The SMILES string of the molecule is C1CCc2sc(CN3CCC4(C3)Cn3c(nnc3C3CCC3)CO4)nc2C1. The van der Waals surface area contributed by atoms with Gasteiger partial charge in [0.05, 0.1) is 18.8 Å². The quantitative estimate of drug-likeness (QED) is 0.813. The number of likely N-dealkylation sites (tertiary alicyclic amines) is 1. The van der Waals surface area contributed by atoms with Crippen molar-refractivity contribution >= 4 is 11.3 Å². The second kappa shape index (κ2) is 6.36. The predicted molar refractivity (Wildman–Crippen MR) is 103 cm³/mol. The molecule has 1 saturated heterocycles. The predicted octanol–water partition coefficient (Wildman–Crippen LogP) is 3.06. The minimum absolute atomic E-state index is 0.0647. The molecule has 6 nitrogen and oxygen atoms in total. The van der Waals surface area contributed by atoms with E-state index in [0.717, 1.165) is 38.4 Å². The van der Waals surface area contributed by atoms with Crippen molar-refractivity contribution in [1.82, 2.24) is 24.6 Å². The smallest absolute Gasteiger partial charge is 0.159 e. The fraction of sp³-hybridized carbons (Fsp3) is 0.750. The van der Waals surface area contributed by atoms with E-state index in [1.54, 1.807) is 4.88 Å². The van der Waals surface area contributed by atoms with Crippen molar-refractivity contribution in [2.75, 3.05) is 13.1 Å². The Bertz CT molecular complexity index is 833. The van der Waals surface area contributed by atoms with Crippen molar-refractivity contribution in [2.24, 2.45) is 0 Å². The summed E-state index contributed by atoms with van der Waals surface area (Å²) in [6, 6.07) is 0. The first kappa shape index (κ1) is 16.6. The van der Waals surface area contributed by atoms with Crippen LogP contribution in [0.2, 0.25) is 0 Å². The first-order valence-electron chi connectivity index (χ1n) is 10.5. The molecule has 6 rings (SSSR count). The van der Waals surface area contributed by atoms with Gasteiger partial charge in [0.25, 0.3) is 0 Å². The summed E-state index contributed by atoms with van der Waals surface area (Å²) in [7, 11) is 0. The number of hydrogen-bond donors (Lipinski definition) is 0. The highest BCUT2D eigenvalue weighted by atomic mass is 32.1. The Labute approximate surface area is 163 Å². The van der Waals surface area contributed by atoms with Crippen molar-refractivity contribution in [3.8, 4) is 0 Å². The lowest BCUT2D eigenvalue weighted by molar-refractivity contribution is -0.0835. The van der Waals surface area contributed by atoms with Gasteiger partial charge in [-0.2, -0.15) is 0 Å². The summed E-state index contributed by atoms with van der Waals surface area (Å²) in [5, 5.41) is 10.2. The summed E-state index contributed by atoms with van der Waals surface area (Å²) in [6.07, 6.45) is 10.0. The summed E-state index contributed by atoms with van der Waals surface area (Å²) in [6.45, 7) is 4.61. The third kappa shape index (κ3) is 2.86. The molecule has 1 atom stereocenters. The molecule has 1 saturated carbocycles. The van der Waals surface area contributed by atoms with Crippen LogP contribution in [0.4, 0.5) is 0 Å². The van der Waals surface area contributed by atoms with E-state index in [1.165, 1.54) is 61.5 Å². The van der Waals surface area contributed by atoms with Crippen LogP contribution in [0, 0.1) is 0 Å². The Morgan fingerprint density at radius 2 is 2.04 bits per heavy atom. The second-order valence-corrected chi connectivity index (χ2v) is 9.97. The monoisotopic (exact) mass is 385 g/mol. The molecule has 2 fully saturated rings. The largest absolute Gasteiger partial charge is 0.364 e. The van der Waals surface area contributed by atoms with Crippen LogP contribution in [0.5, 0.6) is 0 Å². The number of hydrogen-bond acceptors (Lipinski definition) is 6. The van der Waals surface area contributed by atoms with Crippen LogP contribution in [0.1, 0.15) is 71.7 Å². The molecule has 1 spiro atoms.